The minimum Gasteiger partial charge on any atom is -0.496 e. The number of hydrogen-bond donors (Lipinski definition) is 0. The van der Waals surface area contributed by atoms with E-state index in [2.05, 4.69) is 4.57 Å². The van der Waals surface area contributed by atoms with Crippen molar-refractivity contribution in [3.63, 3.8) is 0 Å². The van der Waals surface area contributed by atoms with E-state index < -0.39 is 0 Å². The van der Waals surface area contributed by atoms with Crippen molar-refractivity contribution in [1.82, 2.24) is 4.57 Å². The number of nitrogens with zero attached hydrogens (tertiary/aromatic N) is 2. The minimum atomic E-state index is -0.356. The Morgan fingerprint density at radius 2 is 2.04 bits per heavy atom. The molecule has 3 aromatic rings. The second-order valence-corrected chi connectivity index (χ2v) is 6.19. The van der Waals surface area contributed by atoms with Gasteiger partial charge in [0.05, 0.1) is 25.5 Å². The Labute approximate surface area is 158 Å². The van der Waals surface area contributed by atoms with Gasteiger partial charge < -0.3 is 13.7 Å². The fraction of sp³-hybridized carbons (Fsp3) is 0.182. The van der Waals surface area contributed by atoms with Crippen molar-refractivity contribution >= 4 is 11.9 Å². The molecule has 0 aliphatic rings. The third kappa shape index (κ3) is 3.70. The van der Waals surface area contributed by atoms with Gasteiger partial charge in [0.25, 0.3) is 0 Å². The van der Waals surface area contributed by atoms with Crippen LogP contribution >= 0.6 is 0 Å². The normalized spacial score (nSPS) is 11.3. The summed E-state index contributed by atoms with van der Waals surface area (Å²) in [6.07, 6.45) is 3.28. The predicted octanol–water partition coefficient (Wildman–Crippen LogP) is 4.54. The Kier molecular flexibility index (Phi) is 5.28. The number of hydrogen-bond acceptors (Lipinski definition) is 4. The average molecular weight is 360 g/mol. The number of para-hydroxylation sites is 1. The molecule has 27 heavy (non-hydrogen) atoms. The van der Waals surface area contributed by atoms with Crippen LogP contribution in [-0.2, 0) is 6.54 Å². The van der Waals surface area contributed by atoms with Crippen LogP contribution in [0.3, 0.4) is 0 Å². The van der Waals surface area contributed by atoms with Gasteiger partial charge in [0.2, 0.25) is 5.78 Å². The largest absolute Gasteiger partial charge is 0.496 e. The molecule has 0 spiro atoms. The fourth-order valence-electron chi connectivity index (χ4n) is 3.06. The van der Waals surface area contributed by atoms with Crippen LogP contribution in [-0.4, -0.2) is 17.5 Å². The van der Waals surface area contributed by atoms with E-state index in [4.69, 9.17) is 9.15 Å². The minimum absolute atomic E-state index is 0.0674. The Morgan fingerprint density at radius 3 is 2.70 bits per heavy atom. The monoisotopic (exact) mass is 360 g/mol. The Hall–Kier alpha value is -3.52. The maximum atomic E-state index is 12.8. The summed E-state index contributed by atoms with van der Waals surface area (Å²) in [7, 11) is 1.50. The first-order valence-corrected chi connectivity index (χ1v) is 8.53. The van der Waals surface area contributed by atoms with Crippen LogP contribution in [0.4, 0.5) is 0 Å². The van der Waals surface area contributed by atoms with Gasteiger partial charge in [-0.15, -0.1) is 0 Å². The lowest BCUT2D eigenvalue weighted by Crippen LogP contribution is -2.05. The molecule has 5 nitrogen and oxygen atoms in total. The average Bonchev–Trinajstić information content (AvgIpc) is 3.29. The van der Waals surface area contributed by atoms with Crippen molar-refractivity contribution in [2.45, 2.75) is 20.4 Å². The van der Waals surface area contributed by atoms with E-state index in [1.165, 1.54) is 7.11 Å². The molecule has 5 heteroatoms. The van der Waals surface area contributed by atoms with Crippen LogP contribution < -0.4 is 4.74 Å². The van der Waals surface area contributed by atoms with Gasteiger partial charge in [0, 0.05) is 11.4 Å². The van der Waals surface area contributed by atoms with Crippen LogP contribution in [0.2, 0.25) is 0 Å². The quantitative estimate of drug-likeness (QED) is 0.367. The highest BCUT2D eigenvalue weighted by molar-refractivity contribution is 6.15. The number of rotatable bonds is 6. The van der Waals surface area contributed by atoms with Crippen molar-refractivity contribution in [2.75, 3.05) is 7.11 Å². The van der Waals surface area contributed by atoms with Gasteiger partial charge in [-0.1, -0.05) is 12.1 Å². The van der Waals surface area contributed by atoms with Crippen molar-refractivity contribution < 1.29 is 13.9 Å². The van der Waals surface area contributed by atoms with Gasteiger partial charge in [0.15, 0.2) is 0 Å². The number of aryl methyl sites for hydroxylation is 1. The lowest BCUT2D eigenvalue weighted by molar-refractivity contribution is 0.103. The summed E-state index contributed by atoms with van der Waals surface area (Å²) < 4.78 is 12.8. The van der Waals surface area contributed by atoms with E-state index >= 15 is 0 Å². The first kappa shape index (κ1) is 18.3. The van der Waals surface area contributed by atoms with Gasteiger partial charge in [0.1, 0.15) is 23.2 Å². The molecule has 0 amide bonds. The topological polar surface area (TPSA) is 68.2 Å². The van der Waals surface area contributed by atoms with Crippen LogP contribution in [0.1, 0.15) is 33.1 Å². The summed E-state index contributed by atoms with van der Waals surface area (Å²) in [6, 6.07) is 14.7. The molecular formula is C22H20N2O3. The van der Waals surface area contributed by atoms with Gasteiger partial charge in [-0.3, -0.25) is 4.79 Å². The van der Waals surface area contributed by atoms with Crippen molar-refractivity contribution in [3.8, 4) is 11.8 Å². The summed E-state index contributed by atoms with van der Waals surface area (Å²) >= 11 is 0. The van der Waals surface area contributed by atoms with E-state index in [0.29, 0.717) is 17.9 Å². The van der Waals surface area contributed by atoms with Crippen molar-refractivity contribution in [3.05, 3.63) is 82.6 Å². The van der Waals surface area contributed by atoms with Crippen molar-refractivity contribution in [1.29, 1.82) is 5.26 Å². The van der Waals surface area contributed by atoms with Gasteiger partial charge >= 0.3 is 0 Å². The SMILES string of the molecule is COc1ccccc1C(=O)/C(C#N)=C/c1cc(C)n(Cc2ccco2)c1C. The number of Topliss-reactive ketones (excluding diaryl/α,β-unsaturated/α-hetero) is 1. The highest BCUT2D eigenvalue weighted by atomic mass is 16.5. The number of aromatic nitrogens is 1. The van der Waals surface area contributed by atoms with E-state index in [-0.39, 0.29) is 11.4 Å². The van der Waals surface area contributed by atoms with E-state index in [1.807, 2.05) is 38.1 Å². The molecule has 2 heterocycles. The molecule has 0 atom stereocenters. The molecule has 3 rings (SSSR count). The zero-order valence-electron chi connectivity index (χ0n) is 15.5. The smallest absolute Gasteiger partial charge is 0.207 e. The number of ketones is 1. The molecule has 1 aromatic carbocycles. The van der Waals surface area contributed by atoms with Crippen LogP contribution in [0, 0.1) is 25.2 Å². The summed E-state index contributed by atoms with van der Waals surface area (Å²) in [5.74, 6) is 0.940. The molecule has 0 aliphatic heterocycles. The van der Waals surface area contributed by atoms with Gasteiger partial charge in [-0.05, 0) is 55.8 Å². The second-order valence-electron chi connectivity index (χ2n) is 6.19. The van der Waals surface area contributed by atoms with Crippen LogP contribution in [0.5, 0.6) is 5.75 Å². The molecule has 136 valence electrons. The molecule has 2 aromatic heterocycles. The Bertz CT molecular complexity index is 1030. The Morgan fingerprint density at radius 1 is 1.26 bits per heavy atom. The van der Waals surface area contributed by atoms with Crippen LogP contribution in [0.15, 0.2) is 58.7 Å². The number of allylic oxidation sites excluding steroid dienone is 1. The molecular weight excluding hydrogens is 340 g/mol. The van der Waals surface area contributed by atoms with E-state index in [1.54, 1.807) is 36.6 Å². The summed E-state index contributed by atoms with van der Waals surface area (Å²) in [5, 5.41) is 9.56. The highest BCUT2D eigenvalue weighted by Gasteiger charge is 2.18. The third-order valence-electron chi connectivity index (χ3n) is 4.52. The first-order chi connectivity index (χ1) is 13.0. The number of carbonyl (C=O) groups excluding carboxylic acids is 1. The van der Waals surface area contributed by atoms with Crippen molar-refractivity contribution in [2.24, 2.45) is 0 Å². The summed E-state index contributed by atoms with van der Waals surface area (Å²) in [4.78, 5) is 12.8. The number of methoxy groups -OCH3 is 1. The molecule has 0 radical (unpaired) electrons. The van der Waals surface area contributed by atoms with Gasteiger partial charge in [-0.25, -0.2) is 0 Å². The first-order valence-electron chi connectivity index (χ1n) is 8.53. The number of carbonyl (C=O) groups is 1. The molecule has 0 bridgehead atoms. The fourth-order valence-corrected chi connectivity index (χ4v) is 3.06. The molecule has 0 saturated heterocycles. The second kappa shape index (κ2) is 7.79. The number of benzene rings is 1. The molecule has 0 fully saturated rings. The predicted molar refractivity (Wildman–Crippen MR) is 103 cm³/mol. The lowest BCUT2D eigenvalue weighted by Gasteiger charge is -2.08. The van der Waals surface area contributed by atoms with Gasteiger partial charge in [-0.2, -0.15) is 5.26 Å². The Balaban J connectivity index is 1.97. The number of furan rings is 1. The summed E-state index contributed by atoms with van der Waals surface area (Å²) in [5.41, 5.74) is 3.26. The molecule has 0 N–H and O–H groups in total. The molecule has 0 unspecified atom stereocenters. The third-order valence-corrected chi connectivity index (χ3v) is 4.52. The maximum absolute atomic E-state index is 12.8. The number of ether oxygens (including phenoxy) is 1. The maximum Gasteiger partial charge on any atom is 0.207 e. The standard InChI is InChI=1S/C22H20N2O3/c1-15-11-17(16(2)24(15)14-19-7-6-10-27-19)12-18(13-23)22(25)20-8-4-5-9-21(20)26-3/h4-12H,14H2,1-3H3/b18-12+. The van der Waals surface area contributed by atoms with Crippen LogP contribution in [0.25, 0.3) is 6.08 Å². The number of nitriles is 1. The zero-order valence-corrected chi connectivity index (χ0v) is 15.5. The zero-order chi connectivity index (χ0) is 19.4. The molecule has 0 aliphatic carbocycles. The van der Waals surface area contributed by atoms with E-state index in [9.17, 15) is 10.1 Å². The van der Waals surface area contributed by atoms with E-state index in [0.717, 1.165) is 22.7 Å². The molecule has 0 saturated carbocycles. The highest BCUT2D eigenvalue weighted by Crippen LogP contribution is 2.24. The summed E-state index contributed by atoms with van der Waals surface area (Å²) in [6.45, 7) is 4.55. The lowest BCUT2D eigenvalue weighted by atomic mass is 10.0.